The molecule has 0 aromatic carbocycles. The molecule has 2 nitrogen and oxygen atoms in total. The van der Waals surface area contributed by atoms with Crippen LogP contribution in [0, 0.1) is 0 Å². The van der Waals surface area contributed by atoms with Gasteiger partial charge in [0.1, 0.15) is 0 Å². The van der Waals surface area contributed by atoms with Gasteiger partial charge in [-0.3, -0.25) is 4.79 Å². The van der Waals surface area contributed by atoms with Crippen LogP contribution < -0.4 is 0 Å². The van der Waals surface area contributed by atoms with Crippen LogP contribution in [0.4, 0.5) is 0 Å². The molecule has 0 aromatic rings. The monoisotopic (exact) mass is 90.1 g/mol. The van der Waals surface area contributed by atoms with Gasteiger partial charge in [-0.25, -0.2) is 0 Å². The third-order valence-electron chi connectivity index (χ3n) is 0.437. The highest BCUT2D eigenvalue weighted by atomic mass is 16.5. The smallest absolute Gasteiger partial charge is 0.305 e. The lowest BCUT2D eigenvalue weighted by Crippen LogP contribution is -1.94. The molecule has 0 aliphatic heterocycles. The van der Waals surface area contributed by atoms with Gasteiger partial charge in [-0.1, -0.05) is 6.92 Å². The second-order valence-electron chi connectivity index (χ2n) is 0.812. The second-order valence-corrected chi connectivity index (χ2v) is 0.812. The minimum absolute atomic E-state index is 0.486. The Balaban J connectivity index is 3.35. The fraction of sp³-hybridized carbons (Fsp3) is 0.750. The van der Waals surface area contributed by atoms with E-state index < -0.39 is 12.4 Å². The molecular weight excluding hydrogens is 80.0 g/mol. The highest BCUT2D eigenvalue weighted by molar-refractivity contribution is 5.68. The number of hydrogen-bond acceptors (Lipinski definition) is 2. The fourth-order valence-corrected chi connectivity index (χ4v) is 0.118. The van der Waals surface area contributed by atoms with Gasteiger partial charge in [0, 0.05) is 7.77 Å². The Morgan fingerprint density at radius 1 is 2.17 bits per heavy atom. The zero-order valence-corrected chi connectivity index (χ0v) is 3.89. The Kier molecular flexibility index (Phi) is 1.64. The van der Waals surface area contributed by atoms with Crippen LogP contribution in [0.15, 0.2) is 0 Å². The van der Waals surface area contributed by atoms with Gasteiger partial charge in [-0.05, 0) is 0 Å². The average molecular weight is 90.1 g/mol. The van der Waals surface area contributed by atoms with Crippen LogP contribution in [0.25, 0.3) is 0 Å². The van der Waals surface area contributed by atoms with Crippen LogP contribution in [-0.2, 0) is 9.53 Å². The van der Waals surface area contributed by atoms with Crippen molar-refractivity contribution in [3.63, 3.8) is 0 Å². The van der Waals surface area contributed by atoms with E-state index in [-0.39, 0.29) is 0 Å². The summed E-state index contributed by atoms with van der Waals surface area (Å²) < 4.78 is 10.9. The summed E-state index contributed by atoms with van der Waals surface area (Å²) in [7, 11) is 1.27. The normalized spacial score (nSPS) is 15.3. The highest BCUT2D eigenvalue weighted by Crippen LogP contribution is 1.76. The molecule has 1 unspecified atom stereocenters. The lowest BCUT2D eigenvalue weighted by molar-refractivity contribution is -0.140. The molecular formula is C4H8O2. The van der Waals surface area contributed by atoms with Gasteiger partial charge in [0.25, 0.3) is 0 Å². The summed E-state index contributed by atoms with van der Waals surface area (Å²) in [6.07, 6.45) is -0.745. The molecule has 36 valence electrons. The molecule has 0 rings (SSSR count). The minimum Gasteiger partial charge on any atom is -0.469 e. The van der Waals surface area contributed by atoms with Gasteiger partial charge in [0.15, 0.2) is 0 Å². The molecule has 0 aromatic heterocycles. The third-order valence-corrected chi connectivity index (χ3v) is 0.437. The van der Waals surface area contributed by atoms with Crippen molar-refractivity contribution in [1.29, 1.82) is 0 Å². The molecule has 0 saturated heterocycles. The Morgan fingerprint density at radius 3 is 2.67 bits per heavy atom. The molecule has 0 fully saturated rings. The summed E-state index contributed by atoms with van der Waals surface area (Å²) in [5.74, 6) is -0.486. The SMILES string of the molecule is [3H]C(C)C(=O)OC. The van der Waals surface area contributed by atoms with Crippen molar-refractivity contribution in [2.24, 2.45) is 0 Å². The first-order chi connectivity index (χ1) is 3.18. The van der Waals surface area contributed by atoms with E-state index in [0.717, 1.165) is 0 Å². The molecule has 2 heteroatoms. The number of esters is 1. The van der Waals surface area contributed by atoms with Gasteiger partial charge in [-0.15, -0.1) is 0 Å². The first-order valence-electron chi connectivity index (χ1n) is 2.26. The standard InChI is InChI=1S/C4H8O2/c1-3-4(5)6-2/h3H2,1-2H3/i3T. The molecule has 0 heterocycles. The Hall–Kier alpha value is -0.530. The van der Waals surface area contributed by atoms with Crippen molar-refractivity contribution >= 4 is 5.97 Å². The summed E-state index contributed by atoms with van der Waals surface area (Å²) in [5, 5.41) is 0. The summed E-state index contributed by atoms with van der Waals surface area (Å²) in [6.45, 7) is 1.46. The molecule has 6 heavy (non-hydrogen) atoms. The predicted molar refractivity (Wildman–Crippen MR) is 22.3 cm³/mol. The van der Waals surface area contributed by atoms with Gasteiger partial charge in [0.05, 0.1) is 7.11 Å². The van der Waals surface area contributed by atoms with Crippen molar-refractivity contribution in [2.75, 3.05) is 7.11 Å². The fourth-order valence-electron chi connectivity index (χ4n) is 0.118. The maximum absolute atomic E-state index is 10.1. The van der Waals surface area contributed by atoms with Crippen LogP contribution in [0.5, 0.6) is 0 Å². The Morgan fingerprint density at radius 2 is 2.67 bits per heavy atom. The largest absolute Gasteiger partial charge is 0.469 e. The predicted octanol–water partition coefficient (Wildman–Crippen LogP) is 0.569. The van der Waals surface area contributed by atoms with E-state index in [1.54, 1.807) is 0 Å². The number of hydrogen-bond donors (Lipinski definition) is 0. The maximum atomic E-state index is 10.1. The van der Waals surface area contributed by atoms with E-state index >= 15 is 0 Å². The van der Waals surface area contributed by atoms with Crippen molar-refractivity contribution in [1.82, 2.24) is 0 Å². The van der Waals surface area contributed by atoms with Crippen LogP contribution in [0.3, 0.4) is 0 Å². The first-order valence-corrected chi connectivity index (χ1v) is 1.68. The topological polar surface area (TPSA) is 26.3 Å². The van der Waals surface area contributed by atoms with Crippen LogP contribution >= 0.6 is 0 Å². The molecule has 0 amide bonds. The quantitative estimate of drug-likeness (QED) is 0.440. The van der Waals surface area contributed by atoms with Crippen LogP contribution in [0.1, 0.15) is 14.7 Å². The zero-order valence-electron chi connectivity index (χ0n) is 4.89. The van der Waals surface area contributed by atoms with E-state index in [1.807, 2.05) is 0 Å². The summed E-state index contributed by atoms with van der Waals surface area (Å²) >= 11 is 0. The summed E-state index contributed by atoms with van der Waals surface area (Å²) in [4.78, 5) is 10.1. The van der Waals surface area contributed by atoms with E-state index in [9.17, 15) is 4.79 Å². The van der Waals surface area contributed by atoms with Crippen LogP contribution in [0.2, 0.25) is 0 Å². The van der Waals surface area contributed by atoms with E-state index in [0.29, 0.717) is 0 Å². The van der Waals surface area contributed by atoms with Gasteiger partial charge in [-0.2, -0.15) is 0 Å². The maximum Gasteiger partial charge on any atom is 0.305 e. The summed E-state index contributed by atoms with van der Waals surface area (Å²) in [5.41, 5.74) is 0. The number of ether oxygens (including phenoxy) is 1. The first kappa shape index (κ1) is 3.65. The zero-order chi connectivity index (χ0) is 5.86. The lowest BCUT2D eigenvalue weighted by Gasteiger charge is -1.87. The van der Waals surface area contributed by atoms with Crippen molar-refractivity contribution in [3.8, 4) is 0 Å². The second kappa shape index (κ2) is 2.69. The van der Waals surface area contributed by atoms with Crippen LogP contribution in [-0.4, -0.2) is 13.1 Å². The highest BCUT2D eigenvalue weighted by Gasteiger charge is 1.87. The number of carbonyl (C=O) groups excluding carboxylic acids is 1. The molecule has 0 spiro atoms. The Labute approximate surface area is 38.5 Å². The van der Waals surface area contributed by atoms with Crippen molar-refractivity contribution in [2.45, 2.75) is 13.3 Å². The summed E-state index contributed by atoms with van der Waals surface area (Å²) in [6, 6.07) is 0. The van der Waals surface area contributed by atoms with Crippen molar-refractivity contribution in [3.05, 3.63) is 0 Å². The molecule has 0 aliphatic carbocycles. The Bertz CT molecular complexity index is 70.1. The lowest BCUT2D eigenvalue weighted by atomic mass is 10.5. The molecule has 0 radical (unpaired) electrons. The van der Waals surface area contributed by atoms with Gasteiger partial charge < -0.3 is 4.74 Å². The molecule has 0 aliphatic rings. The van der Waals surface area contributed by atoms with Gasteiger partial charge in [0.2, 0.25) is 0 Å². The minimum atomic E-state index is -0.745. The third kappa shape index (κ3) is 1.76. The molecule has 0 bridgehead atoms. The number of rotatable bonds is 1. The van der Waals surface area contributed by atoms with E-state index in [4.69, 9.17) is 1.37 Å². The van der Waals surface area contributed by atoms with E-state index in [2.05, 4.69) is 4.74 Å². The molecule has 0 N–H and O–H groups in total. The number of carbonyl (C=O) groups is 1. The molecule has 0 saturated carbocycles. The van der Waals surface area contributed by atoms with Crippen molar-refractivity contribution < 1.29 is 10.9 Å². The van der Waals surface area contributed by atoms with E-state index in [1.165, 1.54) is 14.0 Å². The average Bonchev–Trinajstić information content (AvgIpc) is 1.65. The molecule has 1 atom stereocenters. The van der Waals surface area contributed by atoms with Gasteiger partial charge >= 0.3 is 5.97 Å². The number of methoxy groups -OCH3 is 1.